The summed E-state index contributed by atoms with van der Waals surface area (Å²) in [5, 5.41) is 11.0. The average molecular weight is 413 g/mol. The summed E-state index contributed by atoms with van der Waals surface area (Å²) in [6.07, 6.45) is 5.73. The fourth-order valence-electron chi connectivity index (χ4n) is 3.46. The number of amides is 1. The molecule has 0 saturated heterocycles. The second-order valence-electron chi connectivity index (χ2n) is 7.65. The molecule has 2 aromatic carbocycles. The minimum atomic E-state index is -0.0166. The molecule has 0 aliphatic heterocycles. The van der Waals surface area contributed by atoms with Crippen molar-refractivity contribution in [3.8, 4) is 16.9 Å². The van der Waals surface area contributed by atoms with Gasteiger partial charge in [0.05, 0.1) is 13.3 Å². The van der Waals surface area contributed by atoms with Gasteiger partial charge in [-0.15, -0.1) is 0 Å². The first-order chi connectivity index (χ1) is 15.2. The van der Waals surface area contributed by atoms with Gasteiger partial charge in [0.2, 0.25) is 0 Å². The summed E-state index contributed by atoms with van der Waals surface area (Å²) in [7, 11) is 1.66. The van der Waals surface area contributed by atoms with Crippen molar-refractivity contribution in [1.82, 2.24) is 19.9 Å². The number of aromatic nitrogens is 3. The van der Waals surface area contributed by atoms with Crippen LogP contribution in [-0.4, -0.2) is 33.7 Å². The second kappa shape index (κ2) is 8.10. The molecule has 1 aliphatic rings. The monoisotopic (exact) mass is 413 g/mol. The summed E-state index contributed by atoms with van der Waals surface area (Å²) in [5.74, 6) is 1.67. The minimum absolute atomic E-state index is 0.0166. The molecule has 31 heavy (non-hydrogen) atoms. The van der Waals surface area contributed by atoms with Gasteiger partial charge in [0, 0.05) is 29.9 Å². The molecule has 0 bridgehead atoms. The molecule has 0 atom stereocenters. The van der Waals surface area contributed by atoms with Crippen LogP contribution in [0.25, 0.3) is 16.8 Å². The molecule has 5 rings (SSSR count). The van der Waals surface area contributed by atoms with Crippen LogP contribution in [0.2, 0.25) is 0 Å². The molecule has 7 nitrogen and oxygen atoms in total. The third kappa shape index (κ3) is 4.07. The number of rotatable bonds is 7. The van der Waals surface area contributed by atoms with Crippen LogP contribution in [0.4, 0.5) is 5.82 Å². The minimum Gasteiger partial charge on any atom is -0.497 e. The van der Waals surface area contributed by atoms with Gasteiger partial charge in [0.25, 0.3) is 5.91 Å². The highest BCUT2D eigenvalue weighted by Crippen LogP contribution is 2.26. The van der Waals surface area contributed by atoms with Gasteiger partial charge in [-0.2, -0.15) is 9.61 Å². The van der Waals surface area contributed by atoms with E-state index in [9.17, 15) is 4.79 Å². The third-order valence-electron chi connectivity index (χ3n) is 5.40. The zero-order valence-electron chi connectivity index (χ0n) is 17.2. The smallest absolute Gasteiger partial charge is 0.251 e. The molecule has 156 valence electrons. The molecule has 7 heteroatoms. The van der Waals surface area contributed by atoms with Crippen molar-refractivity contribution in [2.75, 3.05) is 12.4 Å². The lowest BCUT2D eigenvalue weighted by molar-refractivity contribution is 0.0951. The molecule has 4 aromatic rings. The Morgan fingerprint density at radius 2 is 1.87 bits per heavy atom. The maximum atomic E-state index is 12.2. The number of benzene rings is 2. The van der Waals surface area contributed by atoms with Gasteiger partial charge in [-0.25, -0.2) is 4.98 Å². The van der Waals surface area contributed by atoms with Gasteiger partial charge >= 0.3 is 0 Å². The molecular weight excluding hydrogens is 390 g/mol. The highest BCUT2D eigenvalue weighted by molar-refractivity contribution is 5.95. The maximum absolute atomic E-state index is 12.2. The van der Waals surface area contributed by atoms with E-state index in [1.807, 2.05) is 54.6 Å². The average Bonchev–Trinajstić information content (AvgIpc) is 3.52. The number of nitrogens with one attached hydrogen (secondary N) is 2. The Hall–Kier alpha value is -3.87. The molecule has 0 radical (unpaired) electrons. The van der Waals surface area contributed by atoms with E-state index in [0.717, 1.165) is 46.7 Å². The number of hydrogen-bond acceptors (Lipinski definition) is 5. The molecule has 0 spiro atoms. The number of methoxy groups -OCH3 is 1. The lowest BCUT2D eigenvalue weighted by atomic mass is 10.1. The predicted molar refractivity (Wildman–Crippen MR) is 119 cm³/mol. The van der Waals surface area contributed by atoms with Crippen molar-refractivity contribution in [3.63, 3.8) is 0 Å². The van der Waals surface area contributed by atoms with Crippen molar-refractivity contribution >= 4 is 17.4 Å². The van der Waals surface area contributed by atoms with Crippen LogP contribution in [0, 0.1) is 0 Å². The van der Waals surface area contributed by atoms with Gasteiger partial charge in [-0.3, -0.25) is 4.79 Å². The van der Waals surface area contributed by atoms with Crippen LogP contribution >= 0.6 is 0 Å². The molecular formula is C24H23N5O2. The Morgan fingerprint density at radius 1 is 1.10 bits per heavy atom. The molecule has 0 unspecified atom stereocenters. The fourth-order valence-corrected chi connectivity index (χ4v) is 3.46. The van der Waals surface area contributed by atoms with Crippen LogP contribution in [-0.2, 0) is 6.54 Å². The summed E-state index contributed by atoms with van der Waals surface area (Å²) >= 11 is 0. The lowest BCUT2D eigenvalue weighted by Crippen LogP contribution is -2.25. The molecule has 1 fully saturated rings. The van der Waals surface area contributed by atoms with E-state index in [1.54, 1.807) is 24.0 Å². The largest absolute Gasteiger partial charge is 0.497 e. The van der Waals surface area contributed by atoms with Crippen molar-refractivity contribution in [2.24, 2.45) is 0 Å². The van der Waals surface area contributed by atoms with Crippen molar-refractivity contribution in [2.45, 2.75) is 25.4 Å². The van der Waals surface area contributed by atoms with E-state index < -0.39 is 0 Å². The van der Waals surface area contributed by atoms with Crippen molar-refractivity contribution < 1.29 is 9.53 Å². The number of anilines is 1. The fraction of sp³-hybridized carbons (Fsp3) is 0.208. The topological polar surface area (TPSA) is 80.5 Å². The normalized spacial score (nSPS) is 13.2. The van der Waals surface area contributed by atoms with Gasteiger partial charge in [0.15, 0.2) is 5.65 Å². The number of carbonyl (C=O) groups is 1. The zero-order chi connectivity index (χ0) is 21.2. The first-order valence-electron chi connectivity index (χ1n) is 10.3. The van der Waals surface area contributed by atoms with Crippen LogP contribution in [0.1, 0.15) is 28.8 Å². The van der Waals surface area contributed by atoms with E-state index in [1.165, 1.54) is 0 Å². The second-order valence-corrected chi connectivity index (χ2v) is 7.65. The quantitative estimate of drug-likeness (QED) is 0.480. The summed E-state index contributed by atoms with van der Waals surface area (Å²) in [6.45, 7) is 0.656. The highest BCUT2D eigenvalue weighted by Gasteiger charge is 2.23. The molecule has 1 aliphatic carbocycles. The highest BCUT2D eigenvalue weighted by atomic mass is 16.5. The van der Waals surface area contributed by atoms with Gasteiger partial charge in [0.1, 0.15) is 11.6 Å². The number of nitrogens with zero attached hydrogens (tertiary/aromatic N) is 3. The van der Waals surface area contributed by atoms with E-state index in [2.05, 4.69) is 20.7 Å². The van der Waals surface area contributed by atoms with Gasteiger partial charge in [-0.05, 0) is 54.3 Å². The van der Waals surface area contributed by atoms with Gasteiger partial charge in [-0.1, -0.05) is 24.3 Å². The van der Waals surface area contributed by atoms with E-state index in [0.29, 0.717) is 18.2 Å². The molecule has 1 saturated carbocycles. The standard InChI is InChI=1S/C24H23N5O2/c1-31-20-10-2-16(3-11-20)14-26-22-12-13-25-23-21(15-27-29(22)23)17-4-6-18(7-5-17)24(30)28-19-8-9-19/h2-7,10-13,15,19,26H,8-9,14H2,1H3,(H,28,30). The third-order valence-corrected chi connectivity index (χ3v) is 5.40. The van der Waals surface area contributed by atoms with Gasteiger partial charge < -0.3 is 15.4 Å². The number of ether oxygens (including phenoxy) is 1. The Morgan fingerprint density at radius 3 is 2.58 bits per heavy atom. The first-order valence-corrected chi connectivity index (χ1v) is 10.3. The van der Waals surface area contributed by atoms with E-state index in [-0.39, 0.29) is 5.91 Å². The number of fused-ring (bicyclic) bond motifs is 1. The predicted octanol–water partition coefficient (Wildman–Crippen LogP) is 3.91. The summed E-state index contributed by atoms with van der Waals surface area (Å²) in [5.41, 5.74) is 4.45. The molecule has 1 amide bonds. The van der Waals surface area contributed by atoms with Crippen LogP contribution < -0.4 is 15.4 Å². The summed E-state index contributed by atoms with van der Waals surface area (Å²) in [6, 6.07) is 17.8. The Labute approximate surface area is 180 Å². The van der Waals surface area contributed by atoms with Crippen molar-refractivity contribution in [3.05, 3.63) is 78.1 Å². The lowest BCUT2D eigenvalue weighted by Gasteiger charge is -2.09. The number of hydrogen-bond donors (Lipinski definition) is 2. The first kappa shape index (κ1) is 19.1. The molecule has 2 N–H and O–H groups in total. The van der Waals surface area contributed by atoms with Crippen molar-refractivity contribution in [1.29, 1.82) is 0 Å². The zero-order valence-corrected chi connectivity index (χ0v) is 17.2. The SMILES string of the molecule is COc1ccc(CNc2ccnc3c(-c4ccc(C(=O)NC5CC5)cc4)cnn23)cc1. The van der Waals surface area contributed by atoms with Crippen LogP contribution in [0.5, 0.6) is 5.75 Å². The Bertz CT molecular complexity index is 1210. The Balaban J connectivity index is 1.35. The Kier molecular flexibility index (Phi) is 5.00. The maximum Gasteiger partial charge on any atom is 0.251 e. The summed E-state index contributed by atoms with van der Waals surface area (Å²) in [4.78, 5) is 16.7. The van der Waals surface area contributed by atoms with E-state index >= 15 is 0 Å². The summed E-state index contributed by atoms with van der Waals surface area (Å²) < 4.78 is 7.01. The van der Waals surface area contributed by atoms with Crippen LogP contribution in [0.15, 0.2) is 67.0 Å². The number of carbonyl (C=O) groups excluding carboxylic acids is 1. The van der Waals surface area contributed by atoms with Crippen LogP contribution in [0.3, 0.4) is 0 Å². The van der Waals surface area contributed by atoms with E-state index in [4.69, 9.17) is 4.74 Å². The molecule has 2 heterocycles. The molecule has 2 aromatic heterocycles.